The minimum Gasteiger partial charge on any atom is -0.484 e. The number of carbonyl (C=O) groups excluding carboxylic acids is 2. The number of benzene rings is 2. The monoisotopic (exact) mass is 399 g/mol. The smallest absolute Gasteiger partial charge is 0.259 e. The van der Waals surface area contributed by atoms with Crippen molar-refractivity contribution in [2.24, 2.45) is 0 Å². The molecule has 2 aromatic carbocycles. The summed E-state index contributed by atoms with van der Waals surface area (Å²) in [4.78, 5) is 24.8. The Balaban J connectivity index is 2.15. The second kappa shape index (κ2) is 8.64. The third-order valence-electron chi connectivity index (χ3n) is 3.65. The molecule has 0 atom stereocenters. The average molecular weight is 399 g/mol. The molecule has 2 aromatic rings. The molecule has 0 heterocycles. The quantitative estimate of drug-likeness (QED) is 0.244. The van der Waals surface area contributed by atoms with Crippen LogP contribution in [0.4, 0.5) is 22.0 Å². The Bertz CT molecular complexity index is 911. The lowest BCUT2D eigenvalue weighted by Gasteiger charge is -2.11. The Hall–Kier alpha value is -3.23. The summed E-state index contributed by atoms with van der Waals surface area (Å²) in [5.41, 5.74) is -1.14. The van der Waals surface area contributed by atoms with Gasteiger partial charge in [0, 0.05) is 19.7 Å². The van der Waals surface area contributed by atoms with Crippen molar-refractivity contribution in [3.8, 4) is 5.75 Å². The van der Waals surface area contributed by atoms with Crippen LogP contribution >= 0.6 is 0 Å². The van der Waals surface area contributed by atoms with Gasteiger partial charge in [-0.2, -0.15) is 0 Å². The van der Waals surface area contributed by atoms with Crippen LogP contribution in [0.15, 0.2) is 30.3 Å². The molecular weight excluding hydrogens is 385 g/mol. The fourth-order valence-electron chi connectivity index (χ4n) is 2.01. The zero-order valence-electron chi connectivity index (χ0n) is 14.7. The van der Waals surface area contributed by atoms with E-state index in [1.54, 1.807) is 14.1 Å². The topological polar surface area (TPSA) is 46.6 Å². The summed E-state index contributed by atoms with van der Waals surface area (Å²) >= 11 is 0. The number of hydrogen-bond acceptors (Lipinski definition) is 3. The molecule has 1 amide bonds. The first kappa shape index (κ1) is 21.1. The van der Waals surface area contributed by atoms with Gasteiger partial charge in [0.15, 0.2) is 35.7 Å². The van der Waals surface area contributed by atoms with Crippen LogP contribution in [0.5, 0.6) is 5.75 Å². The SMILES string of the molecule is CN(C)C(=O)COc1ccc(C(=O)/C=C/c2c(F)c(F)c(F)c(F)c2F)cc1. The third kappa shape index (κ3) is 4.54. The Morgan fingerprint density at radius 1 is 0.893 bits per heavy atom. The summed E-state index contributed by atoms with van der Waals surface area (Å²) in [6, 6.07) is 5.42. The molecule has 0 aromatic heterocycles. The number of hydrogen-bond donors (Lipinski definition) is 0. The Labute approximate surface area is 156 Å². The maximum Gasteiger partial charge on any atom is 0.259 e. The highest BCUT2D eigenvalue weighted by molar-refractivity contribution is 6.06. The van der Waals surface area contributed by atoms with Crippen molar-refractivity contribution in [1.82, 2.24) is 4.90 Å². The van der Waals surface area contributed by atoms with Gasteiger partial charge in [-0.3, -0.25) is 9.59 Å². The maximum atomic E-state index is 13.6. The number of rotatable bonds is 6. The zero-order chi connectivity index (χ0) is 21.0. The predicted molar refractivity (Wildman–Crippen MR) is 90.2 cm³/mol. The van der Waals surface area contributed by atoms with Crippen molar-refractivity contribution in [1.29, 1.82) is 0 Å². The molecule has 0 bridgehead atoms. The molecule has 0 N–H and O–H groups in total. The fourth-order valence-corrected chi connectivity index (χ4v) is 2.01. The van der Waals surface area contributed by atoms with Crippen molar-refractivity contribution in [3.63, 3.8) is 0 Å². The first-order chi connectivity index (χ1) is 13.1. The van der Waals surface area contributed by atoms with E-state index < -0.39 is 40.4 Å². The fraction of sp³-hybridized carbons (Fsp3) is 0.158. The van der Waals surface area contributed by atoms with E-state index in [9.17, 15) is 31.5 Å². The molecule has 9 heteroatoms. The normalized spacial score (nSPS) is 11.0. The summed E-state index contributed by atoms with van der Waals surface area (Å²) in [5.74, 6) is -11.2. The molecule has 0 aliphatic heterocycles. The highest BCUT2D eigenvalue weighted by atomic mass is 19.2. The predicted octanol–water partition coefficient (Wildman–Crippen LogP) is 3.75. The van der Waals surface area contributed by atoms with Gasteiger partial charge in [-0.15, -0.1) is 0 Å². The second-order valence-corrected chi connectivity index (χ2v) is 5.78. The van der Waals surface area contributed by atoms with Gasteiger partial charge in [0.2, 0.25) is 5.82 Å². The summed E-state index contributed by atoms with van der Waals surface area (Å²) in [6.45, 7) is -0.208. The van der Waals surface area contributed by atoms with Crippen molar-refractivity contribution < 1.29 is 36.3 Å². The first-order valence-corrected chi connectivity index (χ1v) is 7.80. The second-order valence-electron chi connectivity index (χ2n) is 5.78. The molecule has 28 heavy (non-hydrogen) atoms. The van der Waals surface area contributed by atoms with Crippen molar-refractivity contribution in [3.05, 3.63) is 70.6 Å². The number of ether oxygens (including phenoxy) is 1. The van der Waals surface area contributed by atoms with E-state index in [-0.39, 0.29) is 18.1 Å². The van der Waals surface area contributed by atoms with E-state index in [1.165, 1.54) is 29.2 Å². The first-order valence-electron chi connectivity index (χ1n) is 7.80. The van der Waals surface area contributed by atoms with Crippen LogP contribution < -0.4 is 4.74 Å². The van der Waals surface area contributed by atoms with Crippen molar-refractivity contribution in [2.45, 2.75) is 0 Å². The molecule has 0 unspecified atom stereocenters. The van der Waals surface area contributed by atoms with Gasteiger partial charge in [-0.1, -0.05) is 0 Å². The Kier molecular flexibility index (Phi) is 6.50. The number of ketones is 1. The van der Waals surface area contributed by atoms with Crippen molar-refractivity contribution in [2.75, 3.05) is 20.7 Å². The van der Waals surface area contributed by atoms with E-state index in [4.69, 9.17) is 4.74 Å². The molecule has 0 fully saturated rings. The largest absolute Gasteiger partial charge is 0.484 e. The average Bonchev–Trinajstić information content (AvgIpc) is 2.69. The summed E-state index contributed by atoms with van der Waals surface area (Å²) < 4.78 is 71.7. The van der Waals surface area contributed by atoms with E-state index in [1.807, 2.05) is 0 Å². The standard InChI is InChI=1S/C19H14F5NO3/c1-25(2)14(27)9-28-11-5-3-10(4-6-11)13(26)8-7-12-15(20)17(22)19(24)18(23)16(12)21/h3-8H,9H2,1-2H3/b8-7+. The molecule has 0 radical (unpaired) electrons. The molecular formula is C19H14F5NO3. The molecule has 0 saturated heterocycles. The number of allylic oxidation sites excluding steroid dienone is 1. The summed E-state index contributed by atoms with van der Waals surface area (Å²) in [5, 5.41) is 0. The minimum atomic E-state index is -2.28. The number of nitrogens with zero attached hydrogens (tertiary/aromatic N) is 1. The summed E-state index contributed by atoms with van der Waals surface area (Å²) in [6.07, 6.45) is 1.20. The number of halogens is 5. The van der Waals surface area contributed by atoms with Gasteiger partial charge in [-0.05, 0) is 36.4 Å². The molecule has 4 nitrogen and oxygen atoms in total. The van der Waals surface area contributed by atoms with Crippen LogP contribution in [0.25, 0.3) is 6.08 Å². The molecule has 0 aliphatic carbocycles. The maximum absolute atomic E-state index is 13.6. The van der Waals surface area contributed by atoms with Gasteiger partial charge in [0.05, 0.1) is 5.56 Å². The lowest BCUT2D eigenvalue weighted by Crippen LogP contribution is -2.27. The van der Waals surface area contributed by atoms with Crippen molar-refractivity contribution >= 4 is 17.8 Å². The third-order valence-corrected chi connectivity index (χ3v) is 3.65. The Morgan fingerprint density at radius 3 is 1.89 bits per heavy atom. The van der Waals surface area contributed by atoms with Gasteiger partial charge in [0.1, 0.15) is 5.75 Å². The van der Waals surface area contributed by atoms with Crippen LogP contribution in [0, 0.1) is 29.1 Å². The highest BCUT2D eigenvalue weighted by Gasteiger charge is 2.24. The van der Waals surface area contributed by atoms with E-state index in [2.05, 4.69) is 0 Å². The van der Waals surface area contributed by atoms with Crippen LogP contribution in [0.2, 0.25) is 0 Å². The lowest BCUT2D eigenvalue weighted by molar-refractivity contribution is -0.130. The number of carbonyl (C=O) groups is 2. The number of likely N-dealkylation sites (N-methyl/N-ethyl adjacent to an activating group) is 1. The van der Waals surface area contributed by atoms with Gasteiger partial charge in [0.25, 0.3) is 5.91 Å². The molecule has 0 spiro atoms. The van der Waals surface area contributed by atoms with E-state index in [0.29, 0.717) is 17.9 Å². The molecule has 0 saturated carbocycles. The van der Waals surface area contributed by atoms with Gasteiger partial charge < -0.3 is 9.64 Å². The number of amides is 1. The zero-order valence-corrected chi connectivity index (χ0v) is 14.7. The van der Waals surface area contributed by atoms with Crippen LogP contribution in [0.3, 0.4) is 0 Å². The van der Waals surface area contributed by atoms with Crippen LogP contribution in [-0.2, 0) is 4.79 Å². The van der Waals surface area contributed by atoms with E-state index in [0.717, 1.165) is 0 Å². The van der Waals surface area contributed by atoms with Crippen LogP contribution in [0.1, 0.15) is 15.9 Å². The van der Waals surface area contributed by atoms with Gasteiger partial charge in [-0.25, -0.2) is 22.0 Å². The lowest BCUT2D eigenvalue weighted by atomic mass is 10.1. The van der Waals surface area contributed by atoms with Gasteiger partial charge >= 0.3 is 0 Å². The minimum absolute atomic E-state index is 0.0754. The highest BCUT2D eigenvalue weighted by Crippen LogP contribution is 2.24. The van der Waals surface area contributed by atoms with E-state index >= 15 is 0 Å². The Morgan fingerprint density at radius 2 is 1.39 bits per heavy atom. The van der Waals surface area contributed by atoms with Crippen LogP contribution in [-0.4, -0.2) is 37.3 Å². The molecule has 2 rings (SSSR count). The molecule has 148 valence electrons. The molecule has 0 aliphatic rings. The summed E-state index contributed by atoms with van der Waals surface area (Å²) in [7, 11) is 3.12.